The highest BCUT2D eigenvalue weighted by molar-refractivity contribution is 5.17. The molecule has 0 aliphatic rings. The van der Waals surface area contributed by atoms with Gasteiger partial charge >= 0.3 is 0 Å². The van der Waals surface area contributed by atoms with Crippen LogP contribution in [0.15, 0.2) is 24.5 Å². The maximum absolute atomic E-state index is 2.37. The van der Waals surface area contributed by atoms with Crippen molar-refractivity contribution in [1.82, 2.24) is 0 Å². The monoisotopic (exact) mass is 318 g/mol. The van der Waals surface area contributed by atoms with Crippen LogP contribution in [-0.4, -0.2) is 0 Å². The molecule has 0 aliphatic heterocycles. The Bertz CT molecular complexity index is 431. The quantitative estimate of drug-likeness (QED) is 0.380. The Morgan fingerprint density at radius 1 is 0.870 bits per heavy atom. The van der Waals surface area contributed by atoms with Crippen molar-refractivity contribution in [3.63, 3.8) is 0 Å². The van der Waals surface area contributed by atoms with Gasteiger partial charge in [0, 0.05) is 18.6 Å². The number of rotatable bonds is 8. The van der Waals surface area contributed by atoms with Crippen LogP contribution < -0.4 is 4.57 Å². The van der Waals surface area contributed by atoms with Crippen molar-refractivity contribution < 1.29 is 4.57 Å². The van der Waals surface area contributed by atoms with E-state index in [1.54, 1.807) is 0 Å². The van der Waals surface area contributed by atoms with Crippen LogP contribution in [0.5, 0.6) is 0 Å². The molecule has 0 fully saturated rings. The summed E-state index contributed by atoms with van der Waals surface area (Å²) in [5.74, 6) is 0.613. The van der Waals surface area contributed by atoms with Gasteiger partial charge in [0.15, 0.2) is 12.4 Å². The molecule has 23 heavy (non-hydrogen) atoms. The first-order valence-electron chi connectivity index (χ1n) is 9.62. The highest BCUT2D eigenvalue weighted by atomic mass is 14.9. The van der Waals surface area contributed by atoms with Crippen LogP contribution in [0.1, 0.15) is 98.5 Å². The third kappa shape index (κ3) is 7.99. The van der Waals surface area contributed by atoms with Gasteiger partial charge in [0.05, 0.1) is 0 Å². The summed E-state index contributed by atoms with van der Waals surface area (Å²) in [6.07, 6.45) is 12.6. The highest BCUT2D eigenvalue weighted by Gasteiger charge is 2.30. The van der Waals surface area contributed by atoms with E-state index in [1.165, 1.54) is 44.1 Å². The fourth-order valence-corrected chi connectivity index (χ4v) is 3.28. The molecule has 0 N–H and O–H groups in total. The summed E-state index contributed by atoms with van der Waals surface area (Å²) in [6.45, 7) is 17.6. The molecule has 1 atom stereocenters. The number of aromatic nitrogens is 1. The third-order valence-corrected chi connectivity index (χ3v) is 4.70. The Morgan fingerprint density at radius 3 is 1.91 bits per heavy atom. The summed E-state index contributed by atoms with van der Waals surface area (Å²) in [4.78, 5) is 0. The van der Waals surface area contributed by atoms with Gasteiger partial charge in [-0.15, -0.1) is 0 Å². The summed E-state index contributed by atoms with van der Waals surface area (Å²) in [7, 11) is 0. The molecule has 1 aromatic heterocycles. The van der Waals surface area contributed by atoms with E-state index in [4.69, 9.17) is 0 Å². The Balaban J connectivity index is 2.68. The van der Waals surface area contributed by atoms with E-state index >= 15 is 0 Å². The molecule has 1 heterocycles. The van der Waals surface area contributed by atoms with Crippen LogP contribution >= 0.6 is 0 Å². The largest absolute Gasteiger partial charge is 0.205 e. The molecular formula is C22H40N+. The molecule has 1 heteroatoms. The molecule has 0 saturated carbocycles. The van der Waals surface area contributed by atoms with E-state index < -0.39 is 0 Å². The van der Waals surface area contributed by atoms with Crippen molar-refractivity contribution in [2.24, 2.45) is 10.8 Å². The van der Waals surface area contributed by atoms with Gasteiger partial charge in [-0.05, 0) is 35.2 Å². The Hall–Kier alpha value is -0.850. The van der Waals surface area contributed by atoms with Gasteiger partial charge in [-0.1, -0.05) is 67.7 Å². The SMILES string of the molecule is CCCCCCC[n+]1ccc(C(CC(C)(C)C)C(C)(C)C)cc1. The molecular weight excluding hydrogens is 278 g/mol. The normalized spacial score (nSPS) is 14.0. The fourth-order valence-electron chi connectivity index (χ4n) is 3.28. The molecule has 0 saturated heterocycles. The summed E-state index contributed by atoms with van der Waals surface area (Å²) >= 11 is 0. The van der Waals surface area contributed by atoms with Crippen LogP contribution in [0.25, 0.3) is 0 Å². The summed E-state index contributed by atoms with van der Waals surface area (Å²) < 4.78 is 2.35. The van der Waals surface area contributed by atoms with E-state index in [-0.39, 0.29) is 0 Å². The van der Waals surface area contributed by atoms with Crippen LogP contribution in [0.4, 0.5) is 0 Å². The van der Waals surface area contributed by atoms with Crippen LogP contribution in [0.3, 0.4) is 0 Å². The van der Waals surface area contributed by atoms with Gasteiger partial charge in [-0.3, -0.25) is 0 Å². The van der Waals surface area contributed by atoms with E-state index in [0.29, 0.717) is 16.7 Å². The lowest BCUT2D eigenvalue weighted by Crippen LogP contribution is -2.33. The predicted octanol–water partition coefficient (Wildman–Crippen LogP) is 6.51. The molecule has 1 nitrogen and oxygen atoms in total. The zero-order valence-corrected chi connectivity index (χ0v) is 16.8. The van der Waals surface area contributed by atoms with E-state index in [2.05, 4.69) is 77.6 Å². The lowest BCUT2D eigenvalue weighted by Gasteiger charge is -2.35. The first kappa shape index (κ1) is 20.2. The summed E-state index contributed by atoms with van der Waals surface area (Å²) in [5.41, 5.74) is 2.16. The molecule has 0 aromatic carbocycles. The van der Waals surface area contributed by atoms with Gasteiger partial charge < -0.3 is 0 Å². The van der Waals surface area contributed by atoms with Crippen molar-refractivity contribution in [3.8, 4) is 0 Å². The van der Waals surface area contributed by atoms with Gasteiger partial charge in [0.1, 0.15) is 6.54 Å². The topological polar surface area (TPSA) is 3.88 Å². The molecule has 1 aromatic rings. The minimum Gasteiger partial charge on any atom is -0.205 e. The van der Waals surface area contributed by atoms with E-state index in [1.807, 2.05) is 0 Å². The smallest absolute Gasteiger partial charge is 0.169 e. The van der Waals surface area contributed by atoms with Crippen LogP contribution in [0, 0.1) is 10.8 Å². The van der Waals surface area contributed by atoms with Crippen molar-refractivity contribution >= 4 is 0 Å². The first-order valence-corrected chi connectivity index (χ1v) is 9.62. The zero-order chi connectivity index (χ0) is 17.5. The number of hydrogen-bond acceptors (Lipinski definition) is 0. The number of aryl methyl sites for hydroxylation is 1. The molecule has 0 aliphatic carbocycles. The Kier molecular flexibility index (Phi) is 7.77. The third-order valence-electron chi connectivity index (χ3n) is 4.70. The maximum atomic E-state index is 2.37. The number of pyridine rings is 1. The number of unbranched alkanes of at least 4 members (excludes halogenated alkanes) is 4. The summed E-state index contributed by atoms with van der Waals surface area (Å²) in [5, 5.41) is 0. The minimum absolute atomic E-state index is 0.305. The molecule has 132 valence electrons. The van der Waals surface area contributed by atoms with Gasteiger partial charge in [-0.2, -0.15) is 0 Å². The van der Waals surface area contributed by atoms with Crippen molar-refractivity contribution in [1.29, 1.82) is 0 Å². The first-order chi connectivity index (χ1) is 10.6. The number of nitrogens with zero attached hydrogens (tertiary/aromatic N) is 1. The lowest BCUT2D eigenvalue weighted by molar-refractivity contribution is -0.697. The van der Waals surface area contributed by atoms with Gasteiger partial charge in [0.2, 0.25) is 0 Å². The van der Waals surface area contributed by atoms with Gasteiger partial charge in [0.25, 0.3) is 0 Å². The van der Waals surface area contributed by atoms with Crippen molar-refractivity contribution in [3.05, 3.63) is 30.1 Å². The van der Waals surface area contributed by atoms with Crippen molar-refractivity contribution in [2.75, 3.05) is 0 Å². The zero-order valence-electron chi connectivity index (χ0n) is 16.8. The molecule has 1 rings (SSSR count). The minimum atomic E-state index is 0.305. The second-order valence-corrected chi connectivity index (χ2v) is 9.47. The van der Waals surface area contributed by atoms with Crippen LogP contribution in [0.2, 0.25) is 0 Å². The standard InChI is InChI=1S/C22H40N/c1-8-9-10-11-12-15-23-16-13-19(14-17-23)20(22(5,6)7)18-21(2,3)4/h13-14,16-17,20H,8-12,15,18H2,1-7H3/q+1. The average Bonchev–Trinajstić information content (AvgIpc) is 2.43. The van der Waals surface area contributed by atoms with E-state index in [9.17, 15) is 0 Å². The van der Waals surface area contributed by atoms with Crippen molar-refractivity contribution in [2.45, 2.75) is 99.5 Å². The lowest BCUT2D eigenvalue weighted by atomic mass is 9.69. The maximum Gasteiger partial charge on any atom is 0.169 e. The number of hydrogen-bond donors (Lipinski definition) is 0. The molecule has 0 bridgehead atoms. The van der Waals surface area contributed by atoms with Gasteiger partial charge in [-0.25, -0.2) is 4.57 Å². The molecule has 0 spiro atoms. The van der Waals surface area contributed by atoms with Crippen LogP contribution in [-0.2, 0) is 6.54 Å². The van der Waals surface area contributed by atoms with E-state index in [0.717, 1.165) is 6.54 Å². The predicted molar refractivity (Wildman–Crippen MR) is 102 cm³/mol. The Morgan fingerprint density at radius 2 is 1.43 bits per heavy atom. The molecule has 1 unspecified atom stereocenters. The Labute approximate surface area is 145 Å². The molecule has 0 amide bonds. The average molecular weight is 319 g/mol. The highest BCUT2D eigenvalue weighted by Crippen LogP contribution is 2.42. The second-order valence-electron chi connectivity index (χ2n) is 9.47. The summed E-state index contributed by atoms with van der Waals surface area (Å²) in [6, 6.07) is 4.71. The fraction of sp³-hybridized carbons (Fsp3) is 0.773. The second kappa shape index (κ2) is 8.85. The molecule has 0 radical (unpaired) electrons.